The van der Waals surface area contributed by atoms with E-state index in [9.17, 15) is 10.1 Å². The monoisotopic (exact) mass is 502 g/mol. The van der Waals surface area contributed by atoms with Crippen molar-refractivity contribution in [2.45, 2.75) is 44.0 Å². The highest BCUT2D eigenvalue weighted by atomic mass is 35.5. The number of ketones is 1. The summed E-state index contributed by atoms with van der Waals surface area (Å²) in [6.07, 6.45) is 2.24. The summed E-state index contributed by atoms with van der Waals surface area (Å²) in [7, 11) is 0. The van der Waals surface area contributed by atoms with Gasteiger partial charge in [0.25, 0.3) is 0 Å². The molecular weight excluding hydrogens is 472 g/mol. The Morgan fingerprint density at radius 1 is 1.14 bits per heavy atom. The van der Waals surface area contributed by atoms with Crippen LogP contribution in [0.3, 0.4) is 0 Å². The van der Waals surface area contributed by atoms with Crippen molar-refractivity contribution in [2.75, 3.05) is 44.3 Å². The number of nitrogens with one attached hydrogen (secondary N) is 1. The first-order valence-corrected chi connectivity index (χ1v) is 13.4. The molecule has 1 aromatic heterocycles. The molecule has 2 aromatic carbocycles. The van der Waals surface area contributed by atoms with Crippen molar-refractivity contribution in [1.29, 1.82) is 5.26 Å². The first-order chi connectivity index (χ1) is 17.4. The molecule has 3 aliphatic rings. The summed E-state index contributed by atoms with van der Waals surface area (Å²) < 4.78 is 5.54. The Kier molecular flexibility index (Phi) is 5.83. The number of benzene rings is 2. The molecule has 2 fully saturated rings. The van der Waals surface area contributed by atoms with E-state index in [1.807, 2.05) is 18.2 Å². The number of hydrogen-bond acceptors (Lipinski definition) is 5. The van der Waals surface area contributed by atoms with Crippen molar-refractivity contribution in [2.24, 2.45) is 0 Å². The summed E-state index contributed by atoms with van der Waals surface area (Å²) in [6, 6.07) is 12.5. The number of nitriles is 1. The molecule has 0 unspecified atom stereocenters. The number of aromatic nitrogens is 1. The maximum Gasteiger partial charge on any atom is 0.195 e. The minimum atomic E-state index is -0.393. The van der Waals surface area contributed by atoms with Crippen molar-refractivity contribution >= 4 is 34.0 Å². The number of halogens is 1. The molecule has 0 bridgehead atoms. The zero-order valence-electron chi connectivity index (χ0n) is 20.9. The number of ether oxygens (including phenoxy) is 1. The number of rotatable bonds is 3. The lowest BCUT2D eigenvalue weighted by Crippen LogP contribution is -2.49. The molecular formula is C29H31ClN4O2. The number of alkyl halides is 1. The van der Waals surface area contributed by atoms with Crippen LogP contribution in [-0.2, 0) is 16.0 Å². The van der Waals surface area contributed by atoms with Crippen LogP contribution < -0.4 is 4.90 Å². The van der Waals surface area contributed by atoms with Crippen molar-refractivity contribution < 1.29 is 9.53 Å². The number of piperidine rings is 1. The van der Waals surface area contributed by atoms with Crippen LogP contribution in [0, 0.1) is 11.3 Å². The molecule has 186 valence electrons. The van der Waals surface area contributed by atoms with Gasteiger partial charge in [0.1, 0.15) is 0 Å². The Morgan fingerprint density at radius 2 is 1.89 bits per heavy atom. The van der Waals surface area contributed by atoms with Crippen molar-refractivity contribution in [1.82, 2.24) is 9.88 Å². The molecule has 6 nitrogen and oxygen atoms in total. The van der Waals surface area contributed by atoms with E-state index in [-0.39, 0.29) is 5.78 Å². The smallest absolute Gasteiger partial charge is 0.195 e. The summed E-state index contributed by atoms with van der Waals surface area (Å²) in [5, 5.41) is 10.2. The maximum atomic E-state index is 13.8. The third-order valence-electron chi connectivity index (χ3n) is 8.43. The predicted octanol–water partition coefficient (Wildman–Crippen LogP) is 4.95. The number of carbonyl (C=O) groups is 1. The van der Waals surface area contributed by atoms with E-state index in [1.54, 1.807) is 6.07 Å². The van der Waals surface area contributed by atoms with Crippen molar-refractivity contribution in [3.63, 3.8) is 0 Å². The Morgan fingerprint density at radius 3 is 2.58 bits per heavy atom. The van der Waals surface area contributed by atoms with Crippen LogP contribution in [0.2, 0.25) is 0 Å². The van der Waals surface area contributed by atoms with E-state index in [2.05, 4.69) is 40.8 Å². The SMILES string of the molecule is CC1(C)c2cc(N3CCC(N4CCOCC4)CC3)c(CCl)cc2C(=O)c2c1[nH]c1cc(C#N)ccc21. The van der Waals surface area contributed by atoms with Crippen molar-refractivity contribution in [3.05, 3.63) is 63.8 Å². The minimum absolute atomic E-state index is 0.0271. The number of hydrogen-bond donors (Lipinski definition) is 1. The van der Waals surface area contributed by atoms with Crippen LogP contribution in [0.4, 0.5) is 5.69 Å². The molecule has 0 radical (unpaired) electrons. The van der Waals surface area contributed by atoms with E-state index < -0.39 is 5.41 Å². The van der Waals surface area contributed by atoms with Crippen LogP contribution in [0.25, 0.3) is 10.9 Å². The second-order valence-electron chi connectivity index (χ2n) is 10.7. The second kappa shape index (κ2) is 8.92. The molecule has 2 saturated heterocycles. The summed E-state index contributed by atoms with van der Waals surface area (Å²) in [4.78, 5) is 22.4. The highest BCUT2D eigenvalue weighted by Crippen LogP contribution is 2.46. The normalized spacial score (nSPS) is 20.3. The molecule has 2 aliphatic heterocycles. The highest BCUT2D eigenvalue weighted by molar-refractivity contribution is 6.21. The number of fused-ring (bicyclic) bond motifs is 4. The lowest BCUT2D eigenvalue weighted by atomic mass is 9.70. The predicted molar refractivity (Wildman–Crippen MR) is 142 cm³/mol. The number of anilines is 1. The fourth-order valence-corrected chi connectivity index (χ4v) is 6.61. The van der Waals surface area contributed by atoms with Gasteiger partial charge in [-0.1, -0.05) is 19.9 Å². The summed E-state index contributed by atoms with van der Waals surface area (Å²) in [5.74, 6) is 0.394. The molecule has 36 heavy (non-hydrogen) atoms. The van der Waals surface area contributed by atoms with Gasteiger partial charge in [0.05, 0.1) is 30.4 Å². The fraction of sp³-hybridized carbons (Fsp3) is 0.448. The largest absolute Gasteiger partial charge is 0.379 e. The molecule has 6 rings (SSSR count). The maximum absolute atomic E-state index is 13.8. The zero-order chi connectivity index (χ0) is 25.0. The average Bonchev–Trinajstić information content (AvgIpc) is 3.32. The third-order valence-corrected chi connectivity index (χ3v) is 8.72. The van der Waals surface area contributed by atoms with E-state index >= 15 is 0 Å². The first-order valence-electron chi connectivity index (χ1n) is 12.8. The Bertz CT molecular complexity index is 1390. The molecule has 1 aliphatic carbocycles. The van der Waals surface area contributed by atoms with Gasteiger partial charge in [0.15, 0.2) is 5.78 Å². The van der Waals surface area contributed by atoms with Gasteiger partial charge in [-0.3, -0.25) is 9.69 Å². The molecule has 0 amide bonds. The molecule has 3 aromatic rings. The van der Waals surface area contributed by atoms with E-state index in [1.165, 1.54) is 0 Å². The van der Waals surface area contributed by atoms with Gasteiger partial charge in [0.2, 0.25) is 0 Å². The summed E-state index contributed by atoms with van der Waals surface area (Å²) in [6.45, 7) is 10.0. The van der Waals surface area contributed by atoms with E-state index in [4.69, 9.17) is 16.3 Å². The van der Waals surface area contributed by atoms with Gasteiger partial charge in [-0.15, -0.1) is 11.6 Å². The van der Waals surface area contributed by atoms with E-state index in [0.29, 0.717) is 23.0 Å². The van der Waals surface area contributed by atoms with Crippen LogP contribution in [0.15, 0.2) is 30.3 Å². The highest BCUT2D eigenvalue weighted by Gasteiger charge is 2.41. The van der Waals surface area contributed by atoms with E-state index in [0.717, 1.165) is 91.2 Å². The fourth-order valence-electron chi connectivity index (χ4n) is 6.39. The summed E-state index contributed by atoms with van der Waals surface area (Å²) in [5.41, 5.74) is 6.58. The number of H-pyrrole nitrogens is 1. The van der Waals surface area contributed by atoms with Gasteiger partial charge in [-0.2, -0.15) is 5.26 Å². The quantitative estimate of drug-likeness (QED) is 0.513. The van der Waals surface area contributed by atoms with Gasteiger partial charge in [0, 0.05) is 71.4 Å². The Hall–Kier alpha value is -2.85. The minimum Gasteiger partial charge on any atom is -0.379 e. The molecule has 7 heteroatoms. The standard InChI is InChI=1S/C29H31ClN4O2/c1-29(2)23-15-25(34-7-5-20(6-8-34)33-9-11-36-12-10-33)19(16-30)14-22(23)27(35)26-21-4-3-18(17-31)13-24(21)32-28(26)29/h3-4,13-15,20,32H,5-12,16H2,1-2H3. The third kappa shape index (κ3) is 3.64. The van der Waals surface area contributed by atoms with Crippen LogP contribution in [0.1, 0.15) is 65.0 Å². The zero-order valence-corrected chi connectivity index (χ0v) is 21.6. The number of aromatic amines is 1. The lowest BCUT2D eigenvalue weighted by Gasteiger charge is -2.42. The number of nitrogens with zero attached hydrogens (tertiary/aromatic N) is 3. The Labute approximate surface area is 216 Å². The average molecular weight is 503 g/mol. The number of carbonyl (C=O) groups excluding carboxylic acids is 1. The molecule has 3 heterocycles. The Balaban J connectivity index is 1.37. The second-order valence-corrected chi connectivity index (χ2v) is 11.0. The van der Waals surface area contributed by atoms with Gasteiger partial charge in [-0.05, 0) is 48.2 Å². The van der Waals surface area contributed by atoms with Crippen molar-refractivity contribution in [3.8, 4) is 6.07 Å². The van der Waals surface area contributed by atoms with Crippen LogP contribution in [0.5, 0.6) is 0 Å². The molecule has 1 N–H and O–H groups in total. The molecule has 0 saturated carbocycles. The van der Waals surface area contributed by atoms with Gasteiger partial charge >= 0.3 is 0 Å². The van der Waals surface area contributed by atoms with Crippen LogP contribution >= 0.6 is 11.6 Å². The van der Waals surface area contributed by atoms with Crippen LogP contribution in [-0.4, -0.2) is 61.1 Å². The topological polar surface area (TPSA) is 72.4 Å². The number of morpholine rings is 1. The lowest BCUT2D eigenvalue weighted by molar-refractivity contribution is 0.0115. The van der Waals surface area contributed by atoms with Gasteiger partial charge in [-0.25, -0.2) is 0 Å². The molecule has 0 atom stereocenters. The van der Waals surface area contributed by atoms with Gasteiger partial charge < -0.3 is 14.6 Å². The molecule has 0 spiro atoms. The summed E-state index contributed by atoms with van der Waals surface area (Å²) >= 11 is 6.47. The first kappa shape index (κ1) is 23.5.